The van der Waals surface area contributed by atoms with Crippen molar-refractivity contribution in [2.45, 2.75) is 27.4 Å². The molecule has 0 spiro atoms. The highest BCUT2D eigenvalue weighted by molar-refractivity contribution is 5.87. The molecule has 0 aliphatic heterocycles. The number of hydrogen-bond acceptors (Lipinski definition) is 6. The van der Waals surface area contributed by atoms with Crippen molar-refractivity contribution in [3.63, 3.8) is 0 Å². The van der Waals surface area contributed by atoms with Gasteiger partial charge in [-0.15, -0.1) is 0 Å². The van der Waals surface area contributed by atoms with Gasteiger partial charge in [-0.25, -0.2) is 9.78 Å². The van der Waals surface area contributed by atoms with E-state index in [0.29, 0.717) is 30.4 Å². The van der Waals surface area contributed by atoms with Crippen molar-refractivity contribution in [3.8, 4) is 23.4 Å². The summed E-state index contributed by atoms with van der Waals surface area (Å²) in [5.74, 6) is 1.43. The van der Waals surface area contributed by atoms with Crippen molar-refractivity contribution in [2.75, 3.05) is 6.61 Å². The number of esters is 1. The molecule has 0 amide bonds. The molecule has 32 heavy (non-hydrogen) atoms. The number of benzene rings is 2. The third kappa shape index (κ3) is 6.19. The van der Waals surface area contributed by atoms with Gasteiger partial charge >= 0.3 is 5.97 Å². The summed E-state index contributed by atoms with van der Waals surface area (Å²) < 4.78 is 16.6. The predicted molar refractivity (Wildman–Crippen MR) is 121 cm³/mol. The minimum atomic E-state index is -0.367. The van der Waals surface area contributed by atoms with Gasteiger partial charge in [-0.2, -0.15) is 5.26 Å². The van der Waals surface area contributed by atoms with Crippen molar-refractivity contribution >= 4 is 12.0 Å². The Hall–Kier alpha value is -4.11. The van der Waals surface area contributed by atoms with E-state index in [9.17, 15) is 4.79 Å². The quantitative estimate of drug-likeness (QED) is 0.347. The Kier molecular flexibility index (Phi) is 7.60. The highest BCUT2D eigenvalue weighted by atomic mass is 16.5. The Labute approximate surface area is 187 Å². The zero-order valence-electron chi connectivity index (χ0n) is 18.3. The third-order valence-electron chi connectivity index (χ3n) is 4.59. The van der Waals surface area contributed by atoms with E-state index in [0.717, 1.165) is 28.0 Å². The Bertz CT molecular complexity index is 1120. The van der Waals surface area contributed by atoms with Gasteiger partial charge in [0.1, 0.15) is 18.1 Å². The summed E-state index contributed by atoms with van der Waals surface area (Å²) >= 11 is 0. The van der Waals surface area contributed by atoms with Crippen LogP contribution in [0.25, 0.3) is 6.08 Å². The van der Waals surface area contributed by atoms with Gasteiger partial charge in [0.2, 0.25) is 5.88 Å². The molecule has 0 atom stereocenters. The average molecular weight is 428 g/mol. The number of aromatic nitrogens is 1. The average Bonchev–Trinajstić information content (AvgIpc) is 2.80. The van der Waals surface area contributed by atoms with Gasteiger partial charge in [-0.3, -0.25) is 0 Å². The molecule has 0 saturated heterocycles. The molecule has 1 aromatic heterocycles. The number of carbonyl (C=O) groups is 1. The van der Waals surface area contributed by atoms with Crippen LogP contribution in [-0.2, 0) is 16.1 Å². The van der Waals surface area contributed by atoms with Gasteiger partial charge < -0.3 is 14.2 Å². The second-order valence-corrected chi connectivity index (χ2v) is 7.10. The van der Waals surface area contributed by atoms with Crippen LogP contribution in [0, 0.1) is 25.2 Å². The molecule has 0 aliphatic carbocycles. The monoisotopic (exact) mass is 428 g/mol. The lowest BCUT2D eigenvalue weighted by Gasteiger charge is -2.13. The van der Waals surface area contributed by atoms with Crippen molar-refractivity contribution in [2.24, 2.45) is 0 Å². The summed E-state index contributed by atoms with van der Waals surface area (Å²) in [6.07, 6.45) is 4.75. The first kappa shape index (κ1) is 22.6. The molecule has 6 heteroatoms. The zero-order chi connectivity index (χ0) is 22.9. The maximum Gasteiger partial charge on any atom is 0.330 e. The summed E-state index contributed by atoms with van der Waals surface area (Å²) in [7, 11) is 0. The lowest BCUT2D eigenvalue weighted by Crippen LogP contribution is -1.99. The van der Waals surface area contributed by atoms with Gasteiger partial charge in [0.25, 0.3) is 0 Å². The van der Waals surface area contributed by atoms with Gasteiger partial charge in [0, 0.05) is 12.1 Å². The number of pyridine rings is 1. The summed E-state index contributed by atoms with van der Waals surface area (Å²) in [6.45, 7) is 6.39. The number of nitriles is 1. The summed E-state index contributed by atoms with van der Waals surface area (Å²) in [5.41, 5.74) is 4.33. The largest absolute Gasteiger partial charge is 0.487 e. The number of carbonyl (C=O) groups excluding carboxylic acids is 1. The first-order valence-corrected chi connectivity index (χ1v) is 10.2. The van der Waals surface area contributed by atoms with E-state index in [4.69, 9.17) is 19.5 Å². The number of rotatable bonds is 8. The molecule has 2 aromatic carbocycles. The smallest absolute Gasteiger partial charge is 0.330 e. The van der Waals surface area contributed by atoms with Crippen molar-refractivity contribution in [1.29, 1.82) is 5.26 Å². The number of aryl methyl sites for hydroxylation is 2. The molecule has 0 bridgehead atoms. The van der Waals surface area contributed by atoms with Crippen LogP contribution in [0.5, 0.6) is 17.4 Å². The number of hydrogen-bond donors (Lipinski definition) is 0. The molecule has 0 N–H and O–H groups in total. The van der Waals surface area contributed by atoms with Crippen LogP contribution in [0.2, 0.25) is 0 Å². The lowest BCUT2D eigenvalue weighted by atomic mass is 10.1. The van der Waals surface area contributed by atoms with E-state index >= 15 is 0 Å². The standard InChI is InChI=1S/C26H24N2O4/c1-4-30-25(29)12-9-22-13-18(2)26(19(3)14-22)32-24-11-10-23(16-28-24)31-17-21-7-5-20(15-27)6-8-21/h5-14,16H,4,17H2,1-3H3/b12-9+. The molecule has 0 unspecified atom stereocenters. The third-order valence-corrected chi connectivity index (χ3v) is 4.59. The summed E-state index contributed by atoms with van der Waals surface area (Å²) in [4.78, 5) is 15.8. The number of ether oxygens (including phenoxy) is 3. The van der Waals surface area contributed by atoms with Crippen molar-refractivity contribution < 1.29 is 19.0 Å². The minimum Gasteiger partial charge on any atom is -0.487 e. The van der Waals surface area contributed by atoms with E-state index < -0.39 is 0 Å². The maximum atomic E-state index is 11.5. The fourth-order valence-corrected chi connectivity index (χ4v) is 3.05. The molecule has 3 rings (SSSR count). The fraction of sp³-hybridized carbons (Fsp3) is 0.192. The highest BCUT2D eigenvalue weighted by Crippen LogP contribution is 2.30. The van der Waals surface area contributed by atoms with Crippen LogP contribution in [0.3, 0.4) is 0 Å². The second-order valence-electron chi connectivity index (χ2n) is 7.10. The Morgan fingerprint density at radius 3 is 2.41 bits per heavy atom. The summed E-state index contributed by atoms with van der Waals surface area (Å²) in [5, 5.41) is 8.86. The zero-order valence-corrected chi connectivity index (χ0v) is 18.3. The van der Waals surface area contributed by atoms with Gasteiger partial charge in [-0.05, 0) is 79.4 Å². The molecule has 0 radical (unpaired) electrons. The van der Waals surface area contributed by atoms with Gasteiger partial charge in [-0.1, -0.05) is 12.1 Å². The van der Waals surface area contributed by atoms with Crippen molar-refractivity contribution in [1.82, 2.24) is 4.98 Å². The first-order valence-electron chi connectivity index (χ1n) is 10.2. The molecule has 162 valence electrons. The topological polar surface area (TPSA) is 81.4 Å². The van der Waals surface area contributed by atoms with Crippen molar-refractivity contribution in [3.05, 3.63) is 88.6 Å². The fourth-order valence-electron chi connectivity index (χ4n) is 3.05. The normalized spacial score (nSPS) is 10.6. The molecular weight excluding hydrogens is 404 g/mol. The van der Waals surface area contributed by atoms with Crippen LogP contribution in [0.1, 0.15) is 34.7 Å². The predicted octanol–water partition coefficient (Wildman–Crippen LogP) is 5.52. The van der Waals surface area contributed by atoms with E-state index in [-0.39, 0.29) is 5.97 Å². The maximum absolute atomic E-state index is 11.5. The van der Waals surface area contributed by atoms with Crippen LogP contribution in [-0.4, -0.2) is 17.6 Å². The van der Waals surface area contributed by atoms with Crippen LogP contribution >= 0.6 is 0 Å². The van der Waals surface area contributed by atoms with E-state index in [1.807, 2.05) is 38.1 Å². The van der Waals surface area contributed by atoms with Crippen LogP contribution < -0.4 is 9.47 Å². The van der Waals surface area contributed by atoms with Crippen LogP contribution in [0.4, 0.5) is 0 Å². The van der Waals surface area contributed by atoms with E-state index in [1.165, 1.54) is 6.08 Å². The molecule has 6 nitrogen and oxygen atoms in total. The van der Waals surface area contributed by atoms with Crippen LogP contribution in [0.15, 0.2) is 60.8 Å². The molecular formula is C26H24N2O4. The summed E-state index contributed by atoms with van der Waals surface area (Å²) in [6, 6.07) is 16.8. The molecule has 3 aromatic rings. The Balaban J connectivity index is 1.63. The highest BCUT2D eigenvalue weighted by Gasteiger charge is 2.09. The SMILES string of the molecule is CCOC(=O)/C=C/c1cc(C)c(Oc2ccc(OCc3ccc(C#N)cc3)cn2)c(C)c1. The second kappa shape index (κ2) is 10.8. The lowest BCUT2D eigenvalue weighted by molar-refractivity contribution is -0.137. The molecule has 0 saturated carbocycles. The number of nitrogens with zero attached hydrogens (tertiary/aromatic N) is 2. The van der Waals surface area contributed by atoms with Gasteiger partial charge in [0.15, 0.2) is 0 Å². The Morgan fingerprint density at radius 2 is 1.81 bits per heavy atom. The minimum absolute atomic E-state index is 0.347. The molecule has 0 fully saturated rings. The van der Waals surface area contributed by atoms with Gasteiger partial charge in [0.05, 0.1) is 24.4 Å². The van der Waals surface area contributed by atoms with E-state index in [2.05, 4.69) is 11.1 Å². The van der Waals surface area contributed by atoms with E-state index in [1.54, 1.807) is 43.5 Å². The first-order chi connectivity index (χ1) is 15.5. The molecule has 1 heterocycles. The molecule has 0 aliphatic rings. The Morgan fingerprint density at radius 1 is 1.09 bits per heavy atom.